The summed E-state index contributed by atoms with van der Waals surface area (Å²) in [5.41, 5.74) is -2.64. The molecule has 0 fully saturated rings. The maximum absolute atomic E-state index is 13.1. The molecule has 0 radical (unpaired) electrons. The molecule has 320 valence electrons. The van der Waals surface area contributed by atoms with Gasteiger partial charge in [0.2, 0.25) is 0 Å². The molecule has 0 atom stereocenters. The van der Waals surface area contributed by atoms with E-state index in [1.807, 2.05) is 104 Å². The summed E-state index contributed by atoms with van der Waals surface area (Å²) >= 11 is 0. The first-order valence-electron chi connectivity index (χ1n) is 30.0. The van der Waals surface area contributed by atoms with Gasteiger partial charge < -0.3 is 5.11 Å². The number of phenols is 1. The first-order chi connectivity index (χ1) is 37.3. The lowest BCUT2D eigenvalue weighted by atomic mass is 9.79. The van der Waals surface area contributed by atoms with Gasteiger partial charge in [-0.25, -0.2) is 4.98 Å². The summed E-state index contributed by atoms with van der Waals surface area (Å²) in [6.07, 6.45) is 2.36. The molecule has 8 aromatic rings. The van der Waals surface area contributed by atoms with Gasteiger partial charge >= 0.3 is 0 Å². The van der Waals surface area contributed by atoms with Gasteiger partial charge in [0.25, 0.3) is 0 Å². The molecule has 4 nitrogen and oxygen atoms in total. The molecule has 2 heterocycles. The third kappa shape index (κ3) is 8.87. The number of aromatic nitrogens is 3. The summed E-state index contributed by atoms with van der Waals surface area (Å²) in [5.74, 6) is -1.54. The van der Waals surface area contributed by atoms with Crippen LogP contribution in [0.2, 0.25) is 0 Å². The number of hydrogen-bond donors (Lipinski definition) is 1. The highest BCUT2D eigenvalue weighted by Gasteiger charge is 2.29. The number of fused-ring (bicyclic) bond motifs is 1. The van der Waals surface area contributed by atoms with Gasteiger partial charge in [0.15, 0.2) is 0 Å². The van der Waals surface area contributed by atoms with Crippen LogP contribution in [0.3, 0.4) is 0 Å². The number of benzene rings is 6. The van der Waals surface area contributed by atoms with Gasteiger partial charge in [-0.15, -0.1) is 0 Å². The molecule has 0 spiro atoms. The molecule has 8 rings (SSSR count). The lowest BCUT2D eigenvalue weighted by Crippen LogP contribution is -2.17. The van der Waals surface area contributed by atoms with E-state index in [1.165, 1.54) is 0 Å². The van der Waals surface area contributed by atoms with Gasteiger partial charge in [0, 0.05) is 53.1 Å². The first kappa shape index (κ1) is 26.4. The molecule has 2 aromatic heterocycles. The molecule has 0 saturated carbocycles. The molecule has 4 heteroatoms. The summed E-state index contributed by atoms with van der Waals surface area (Å²) in [6, 6.07) is 39.1. The molecule has 63 heavy (non-hydrogen) atoms. The number of aryl methyl sites for hydroxylation is 1. The van der Waals surface area contributed by atoms with Crippen LogP contribution >= 0.6 is 0 Å². The second kappa shape index (κ2) is 16.5. The smallest absolute Gasteiger partial charge is 0.149 e. The summed E-state index contributed by atoms with van der Waals surface area (Å²) in [4.78, 5) is 10.0. The average Bonchev–Trinajstić information content (AvgIpc) is 2.87. The number of nitrogens with zero attached hydrogens (tertiary/aromatic N) is 3. The van der Waals surface area contributed by atoms with E-state index in [2.05, 4.69) is 34.6 Å². The number of pyridine rings is 1. The molecule has 0 unspecified atom stereocenters. The largest absolute Gasteiger partial charge is 0.507 e. The number of aromatic hydroxyl groups is 1. The normalized spacial score (nSPS) is 17.8. The highest BCUT2D eigenvalue weighted by Crippen LogP contribution is 2.46. The van der Waals surface area contributed by atoms with Crippen molar-refractivity contribution in [2.75, 3.05) is 0 Å². The lowest BCUT2D eigenvalue weighted by Gasteiger charge is -2.27. The van der Waals surface area contributed by atoms with Crippen LogP contribution in [0.25, 0.3) is 72.7 Å². The van der Waals surface area contributed by atoms with Crippen LogP contribution in [-0.4, -0.2) is 19.6 Å². The van der Waals surface area contributed by atoms with Crippen LogP contribution < -0.4 is 0 Å². The SMILES string of the molecule is [2H]C([2H])([2H])C(c1cc(-c2nc3c(-c4cc(-c5cc(-c6ccc(C)cc6)ccn5)cc(C(C)(C)C)c4)cccc3n2-c2ccc(CC(C)C)cc2-c2ccccc2)c(O)c(C(C([2H])([2H])[2H])(C([2H])([2H])[2H])C([2H])([2H])[2H])c1)(C([2H])([2H])[2H])C([2H])([2H])[2H]. The molecule has 1 N–H and O–H groups in total. The minimum atomic E-state index is -4.13. The van der Waals surface area contributed by atoms with Crippen molar-refractivity contribution >= 4 is 11.0 Å². The Morgan fingerprint density at radius 2 is 1.32 bits per heavy atom. The van der Waals surface area contributed by atoms with Crippen LogP contribution in [0.5, 0.6) is 5.75 Å². The molecule has 6 aromatic carbocycles. The van der Waals surface area contributed by atoms with Crippen LogP contribution in [0.1, 0.15) is 128 Å². The Bertz CT molecular complexity index is 3560. The Labute approximate surface area is 401 Å². The number of para-hydroxylation sites is 1. The summed E-state index contributed by atoms with van der Waals surface area (Å²) < 4.78 is 160. The van der Waals surface area contributed by atoms with Gasteiger partial charge in [-0.2, -0.15) is 0 Å². The molecular formula is C59H63N3O. The van der Waals surface area contributed by atoms with Crippen LogP contribution in [0, 0.1) is 12.8 Å². The van der Waals surface area contributed by atoms with Gasteiger partial charge in [0.05, 0.1) is 28.0 Å². The standard InChI is InChI=1S/C59H63N3O/c1-37(2)29-39-23-26-52(48(30-39)41-17-14-13-15-18-41)62-53-20-16-19-47(54(53)61-56(62)49-35-46(58(7,8)9)36-50(55(49)63)59(10,11)12)43-31-44(33-45(32-43)57(4,5)6)51-34-42(27-28-60-51)40-24-21-38(3)22-25-40/h13-28,30-37,63H,29H2,1-12H3/i7D3,8D3,9D3,10D3,11D3,12D3. The average molecular weight is 848 g/mol. The van der Waals surface area contributed by atoms with E-state index in [1.54, 1.807) is 35.0 Å². The molecular weight excluding hydrogens is 767 g/mol. The maximum atomic E-state index is 13.1. The molecule has 0 bridgehead atoms. The lowest BCUT2D eigenvalue weighted by molar-refractivity contribution is 0.446. The Hall–Kier alpha value is -6.26. The van der Waals surface area contributed by atoms with Gasteiger partial charge in [-0.1, -0.05) is 166 Å². The summed E-state index contributed by atoms with van der Waals surface area (Å²) in [7, 11) is 0. The van der Waals surface area contributed by atoms with Crippen LogP contribution in [0.4, 0.5) is 0 Å². The quantitative estimate of drug-likeness (QED) is 0.166. The van der Waals surface area contributed by atoms with E-state index in [-0.39, 0.29) is 11.4 Å². The molecule has 0 saturated heterocycles. The van der Waals surface area contributed by atoms with Crippen molar-refractivity contribution < 1.29 is 29.8 Å². The van der Waals surface area contributed by atoms with Crippen LogP contribution in [-0.2, 0) is 22.7 Å². The van der Waals surface area contributed by atoms with E-state index in [0.29, 0.717) is 51.6 Å². The Balaban J connectivity index is 1.61. The van der Waals surface area contributed by atoms with Crippen molar-refractivity contribution in [2.45, 2.75) is 105 Å². The molecule has 0 aliphatic carbocycles. The second-order valence-corrected chi connectivity index (χ2v) is 18.0. The minimum absolute atomic E-state index is 0.198. The van der Waals surface area contributed by atoms with Crippen LogP contribution in [0.15, 0.2) is 140 Å². The predicted molar refractivity (Wildman–Crippen MR) is 267 cm³/mol. The summed E-state index contributed by atoms with van der Waals surface area (Å²) in [5, 5.41) is 13.1. The Kier molecular flexibility index (Phi) is 6.89. The maximum Gasteiger partial charge on any atom is 0.149 e. The second-order valence-electron chi connectivity index (χ2n) is 18.0. The number of hydrogen-bond acceptors (Lipinski definition) is 3. The van der Waals surface area contributed by atoms with Crippen molar-refractivity contribution in [1.29, 1.82) is 0 Å². The van der Waals surface area contributed by atoms with E-state index in [4.69, 9.17) is 34.6 Å². The van der Waals surface area contributed by atoms with Crippen molar-refractivity contribution in [3.63, 3.8) is 0 Å². The van der Waals surface area contributed by atoms with Crippen molar-refractivity contribution in [2.24, 2.45) is 5.92 Å². The Morgan fingerprint density at radius 3 is 2.02 bits per heavy atom. The number of phenolic OH excluding ortho intramolecular Hbond substituents is 1. The van der Waals surface area contributed by atoms with Gasteiger partial charge in [-0.3, -0.25) is 9.55 Å². The minimum Gasteiger partial charge on any atom is -0.507 e. The zero-order valence-corrected chi connectivity index (χ0v) is 36.4. The first-order valence-corrected chi connectivity index (χ1v) is 21.0. The van der Waals surface area contributed by atoms with Crippen molar-refractivity contribution in [3.8, 4) is 67.5 Å². The van der Waals surface area contributed by atoms with E-state index in [9.17, 15) is 5.11 Å². The monoisotopic (exact) mass is 848 g/mol. The summed E-state index contributed by atoms with van der Waals surface area (Å²) in [6.45, 7) is -12.2. The van der Waals surface area contributed by atoms with Crippen molar-refractivity contribution in [1.82, 2.24) is 14.5 Å². The fourth-order valence-electron chi connectivity index (χ4n) is 8.17. The molecule has 0 aliphatic heterocycles. The van der Waals surface area contributed by atoms with E-state index >= 15 is 0 Å². The predicted octanol–water partition coefficient (Wildman–Crippen LogP) is 15.9. The fourth-order valence-corrected chi connectivity index (χ4v) is 8.17. The topological polar surface area (TPSA) is 50.9 Å². The van der Waals surface area contributed by atoms with Gasteiger partial charge in [0.1, 0.15) is 11.6 Å². The number of rotatable bonds is 8. The fraction of sp³-hybridized carbons (Fsp3) is 0.288. The zero-order chi connectivity index (χ0) is 60.0. The molecule has 0 amide bonds. The van der Waals surface area contributed by atoms with Gasteiger partial charge in [-0.05, 0) is 123 Å². The zero-order valence-electron chi connectivity index (χ0n) is 54.4. The van der Waals surface area contributed by atoms with Crippen molar-refractivity contribution in [3.05, 3.63) is 167 Å². The third-order valence-electron chi connectivity index (χ3n) is 11.5. The number of imidazole rings is 1. The highest BCUT2D eigenvalue weighted by atomic mass is 16.3. The highest BCUT2D eigenvalue weighted by molar-refractivity contribution is 5.98. The molecule has 0 aliphatic rings. The third-order valence-corrected chi connectivity index (χ3v) is 11.5. The van der Waals surface area contributed by atoms with E-state index < -0.39 is 85.6 Å². The van der Waals surface area contributed by atoms with E-state index in [0.717, 1.165) is 39.4 Å². The Morgan fingerprint density at radius 1 is 0.603 bits per heavy atom.